The van der Waals surface area contributed by atoms with E-state index >= 15 is 0 Å². The molecule has 0 bridgehead atoms. The second kappa shape index (κ2) is 7.16. The van der Waals surface area contributed by atoms with Crippen molar-refractivity contribution in [2.24, 2.45) is 0 Å². The van der Waals surface area contributed by atoms with E-state index in [0.717, 1.165) is 10.0 Å². The van der Waals surface area contributed by atoms with Crippen LogP contribution in [0.4, 0.5) is 0 Å². The summed E-state index contributed by atoms with van der Waals surface area (Å²) in [6.45, 7) is 3.90. The molecule has 0 aliphatic rings. The van der Waals surface area contributed by atoms with Crippen LogP contribution in [0.1, 0.15) is 22.8 Å². The maximum atomic E-state index is 12.1. The molecule has 1 aromatic rings. The highest BCUT2D eigenvalue weighted by Gasteiger charge is 2.19. The highest BCUT2D eigenvalue weighted by Crippen LogP contribution is 2.19. The molecular formula is C13H18BrNO2S. The van der Waals surface area contributed by atoms with E-state index in [1.165, 1.54) is 0 Å². The lowest BCUT2D eigenvalue weighted by Gasteiger charge is -2.21. The topological polar surface area (TPSA) is 49.3 Å². The molecule has 1 rings (SSSR count). The van der Waals surface area contributed by atoms with E-state index in [1.54, 1.807) is 11.8 Å². The van der Waals surface area contributed by atoms with Gasteiger partial charge in [0, 0.05) is 15.8 Å². The summed E-state index contributed by atoms with van der Waals surface area (Å²) in [6, 6.07) is 5.58. The Balaban J connectivity index is 2.79. The van der Waals surface area contributed by atoms with E-state index in [2.05, 4.69) is 21.2 Å². The van der Waals surface area contributed by atoms with Crippen LogP contribution in [0.2, 0.25) is 0 Å². The molecule has 0 aliphatic heterocycles. The minimum absolute atomic E-state index is 0.0116. The quantitative estimate of drug-likeness (QED) is 0.871. The summed E-state index contributed by atoms with van der Waals surface area (Å²) in [6.07, 6.45) is 1.92. The van der Waals surface area contributed by atoms with Crippen molar-refractivity contribution in [2.45, 2.75) is 25.1 Å². The number of carbonyl (C=O) groups excluding carboxylic acids is 1. The van der Waals surface area contributed by atoms with Gasteiger partial charge in [-0.25, -0.2) is 0 Å². The number of amides is 1. The van der Waals surface area contributed by atoms with Crippen LogP contribution in [0, 0.1) is 6.92 Å². The van der Waals surface area contributed by atoms with Gasteiger partial charge in [-0.2, -0.15) is 11.8 Å². The molecule has 5 heteroatoms. The zero-order valence-electron chi connectivity index (χ0n) is 10.7. The van der Waals surface area contributed by atoms with Crippen LogP contribution in [0.15, 0.2) is 22.7 Å². The molecule has 2 atom stereocenters. The molecule has 0 spiro atoms. The fourth-order valence-corrected chi connectivity index (χ4v) is 2.68. The summed E-state index contributed by atoms with van der Waals surface area (Å²) < 4.78 is 0.780. The second-order valence-corrected chi connectivity index (χ2v) is 6.13. The first-order chi connectivity index (χ1) is 8.49. The molecule has 3 nitrogen and oxygen atoms in total. The molecule has 2 unspecified atom stereocenters. The van der Waals surface area contributed by atoms with Crippen molar-refractivity contribution in [3.63, 3.8) is 0 Å². The minimum Gasteiger partial charge on any atom is -0.395 e. The summed E-state index contributed by atoms with van der Waals surface area (Å²) in [5.74, 6) is -0.120. The van der Waals surface area contributed by atoms with E-state index in [-0.39, 0.29) is 23.8 Å². The standard InChI is InChI=1S/C13H18BrNO2S/c1-8-4-5-11(14)10(6-8)13(17)15-9(2)12(7-16)18-3/h4-6,9,12,16H,7H2,1-3H3,(H,15,17). The third kappa shape index (κ3) is 4.00. The van der Waals surface area contributed by atoms with E-state index in [0.29, 0.717) is 5.56 Å². The maximum Gasteiger partial charge on any atom is 0.252 e. The monoisotopic (exact) mass is 331 g/mol. The van der Waals surface area contributed by atoms with Crippen molar-refractivity contribution in [3.8, 4) is 0 Å². The van der Waals surface area contributed by atoms with Gasteiger partial charge in [-0.15, -0.1) is 0 Å². The minimum atomic E-state index is -0.120. The van der Waals surface area contributed by atoms with Crippen molar-refractivity contribution < 1.29 is 9.90 Å². The fourth-order valence-electron chi connectivity index (χ4n) is 1.63. The van der Waals surface area contributed by atoms with Crippen molar-refractivity contribution in [1.29, 1.82) is 0 Å². The smallest absolute Gasteiger partial charge is 0.252 e. The SMILES string of the molecule is CSC(CO)C(C)NC(=O)c1cc(C)ccc1Br. The number of carbonyl (C=O) groups is 1. The van der Waals surface area contributed by atoms with Crippen LogP contribution in [-0.2, 0) is 0 Å². The number of halogens is 1. The van der Waals surface area contributed by atoms with Gasteiger partial charge in [0.15, 0.2) is 0 Å². The maximum absolute atomic E-state index is 12.1. The predicted molar refractivity (Wildman–Crippen MR) is 80.2 cm³/mol. The van der Waals surface area contributed by atoms with Crippen LogP contribution in [0.3, 0.4) is 0 Å². The molecule has 0 fully saturated rings. The Kier molecular flexibility index (Phi) is 6.18. The van der Waals surface area contributed by atoms with Gasteiger partial charge in [0.2, 0.25) is 0 Å². The lowest BCUT2D eigenvalue weighted by molar-refractivity contribution is 0.0935. The first-order valence-corrected chi connectivity index (χ1v) is 7.78. The Bertz CT molecular complexity index is 421. The fraction of sp³-hybridized carbons (Fsp3) is 0.462. The van der Waals surface area contributed by atoms with Crippen molar-refractivity contribution in [1.82, 2.24) is 5.32 Å². The summed E-state index contributed by atoms with van der Waals surface area (Å²) in [5, 5.41) is 12.1. The number of hydrogen-bond acceptors (Lipinski definition) is 3. The number of aliphatic hydroxyl groups is 1. The first kappa shape index (κ1) is 15.5. The van der Waals surface area contributed by atoms with Crippen molar-refractivity contribution in [3.05, 3.63) is 33.8 Å². The summed E-state index contributed by atoms with van der Waals surface area (Å²) >= 11 is 4.92. The van der Waals surface area contributed by atoms with Gasteiger partial charge in [-0.1, -0.05) is 11.6 Å². The molecule has 0 radical (unpaired) electrons. The van der Waals surface area contributed by atoms with Crippen LogP contribution in [0.5, 0.6) is 0 Å². The Labute approximate surface area is 120 Å². The van der Waals surface area contributed by atoms with Crippen molar-refractivity contribution in [2.75, 3.05) is 12.9 Å². The third-order valence-corrected chi connectivity index (χ3v) is 4.62. The molecular weight excluding hydrogens is 314 g/mol. The van der Waals surface area contributed by atoms with Gasteiger partial charge in [-0.3, -0.25) is 4.79 Å². The highest BCUT2D eigenvalue weighted by atomic mass is 79.9. The lowest BCUT2D eigenvalue weighted by Crippen LogP contribution is -2.41. The number of nitrogens with one attached hydrogen (secondary N) is 1. The Hall–Kier alpha value is -0.520. The number of aryl methyl sites for hydroxylation is 1. The average Bonchev–Trinajstić information content (AvgIpc) is 2.33. The molecule has 0 heterocycles. The average molecular weight is 332 g/mol. The van der Waals surface area contributed by atoms with Gasteiger partial charge in [-0.05, 0) is 48.2 Å². The van der Waals surface area contributed by atoms with E-state index in [9.17, 15) is 9.90 Å². The summed E-state index contributed by atoms with van der Waals surface area (Å²) in [5.41, 5.74) is 1.67. The van der Waals surface area contributed by atoms with Gasteiger partial charge in [0.1, 0.15) is 0 Å². The molecule has 0 aliphatic carbocycles. The van der Waals surface area contributed by atoms with E-state index in [4.69, 9.17) is 0 Å². The molecule has 0 saturated carbocycles. The summed E-state index contributed by atoms with van der Waals surface area (Å²) in [4.78, 5) is 12.1. The molecule has 1 amide bonds. The Morgan fingerprint density at radius 2 is 2.22 bits per heavy atom. The van der Waals surface area contributed by atoms with Crippen LogP contribution >= 0.6 is 27.7 Å². The van der Waals surface area contributed by atoms with Gasteiger partial charge in [0.25, 0.3) is 5.91 Å². The molecule has 18 heavy (non-hydrogen) atoms. The summed E-state index contributed by atoms with van der Waals surface area (Å²) in [7, 11) is 0. The number of hydrogen-bond donors (Lipinski definition) is 2. The second-order valence-electron chi connectivity index (χ2n) is 4.20. The Morgan fingerprint density at radius 3 is 2.78 bits per heavy atom. The van der Waals surface area contributed by atoms with Gasteiger partial charge < -0.3 is 10.4 Å². The van der Waals surface area contributed by atoms with Crippen LogP contribution < -0.4 is 5.32 Å². The predicted octanol–water partition coefficient (Wildman–Crippen LogP) is 2.60. The van der Waals surface area contributed by atoms with E-state index in [1.807, 2.05) is 38.3 Å². The molecule has 2 N–H and O–H groups in total. The van der Waals surface area contributed by atoms with Crippen molar-refractivity contribution >= 4 is 33.6 Å². The highest BCUT2D eigenvalue weighted by molar-refractivity contribution is 9.10. The number of benzene rings is 1. The van der Waals surface area contributed by atoms with E-state index < -0.39 is 0 Å². The molecule has 100 valence electrons. The zero-order chi connectivity index (χ0) is 13.7. The number of aliphatic hydroxyl groups excluding tert-OH is 1. The van der Waals surface area contributed by atoms with Crippen LogP contribution in [0.25, 0.3) is 0 Å². The normalized spacial score (nSPS) is 14.1. The first-order valence-electron chi connectivity index (χ1n) is 5.70. The number of thioether (sulfide) groups is 1. The lowest BCUT2D eigenvalue weighted by atomic mass is 10.1. The molecule has 0 saturated heterocycles. The molecule has 0 aromatic heterocycles. The molecule has 1 aromatic carbocycles. The van der Waals surface area contributed by atoms with Crippen LogP contribution in [-0.4, -0.2) is 35.2 Å². The van der Waals surface area contributed by atoms with Gasteiger partial charge >= 0.3 is 0 Å². The Morgan fingerprint density at radius 1 is 1.56 bits per heavy atom. The third-order valence-electron chi connectivity index (χ3n) is 2.77. The number of rotatable bonds is 5. The van der Waals surface area contributed by atoms with Gasteiger partial charge in [0.05, 0.1) is 12.2 Å². The zero-order valence-corrected chi connectivity index (χ0v) is 13.1. The largest absolute Gasteiger partial charge is 0.395 e.